The Kier molecular flexibility index (Phi) is 6.10. The molecule has 2 rings (SSSR count). The second-order valence-corrected chi connectivity index (χ2v) is 8.30. The highest BCUT2D eigenvalue weighted by molar-refractivity contribution is 9.10. The molecule has 0 N–H and O–H groups in total. The third kappa shape index (κ3) is 5.22. The average molecular weight is 411 g/mol. The van der Waals surface area contributed by atoms with Gasteiger partial charge in [-0.1, -0.05) is 0 Å². The topological polar surface area (TPSA) is 39.9 Å². The number of rotatable bonds is 6. The van der Waals surface area contributed by atoms with Crippen LogP contribution in [0.5, 0.6) is 0 Å². The molecule has 0 unspecified atom stereocenters. The fraction of sp³-hybridized carbons (Fsp3) is 0.429. The van der Waals surface area contributed by atoms with Gasteiger partial charge in [0.1, 0.15) is 18.2 Å². The van der Waals surface area contributed by atoms with E-state index in [2.05, 4.69) is 38.4 Å². The molecule has 0 aromatic carbocycles. The van der Waals surface area contributed by atoms with E-state index in [-0.39, 0.29) is 23.5 Å². The number of hydrogen-bond acceptors (Lipinski definition) is 3. The molecule has 0 atom stereocenters. The van der Waals surface area contributed by atoms with Crippen LogP contribution in [-0.2, 0) is 28.5 Å². The zero-order valence-electron chi connectivity index (χ0n) is 12.6. The summed E-state index contributed by atoms with van der Waals surface area (Å²) < 4.78 is 46.3. The molecule has 4 nitrogen and oxygen atoms in total. The Morgan fingerprint density at radius 3 is 2.61 bits per heavy atom. The molecule has 0 aliphatic rings. The number of imidazole rings is 1. The van der Waals surface area contributed by atoms with Crippen LogP contribution in [0.4, 0.5) is 13.2 Å². The highest BCUT2D eigenvalue weighted by atomic mass is 79.9. The van der Waals surface area contributed by atoms with Crippen molar-refractivity contribution in [2.45, 2.75) is 12.9 Å². The second-order valence-electron chi connectivity index (χ2n) is 5.01. The molecule has 9 heteroatoms. The summed E-state index contributed by atoms with van der Waals surface area (Å²) in [5.74, 6) is 1.00. The molecule has 126 valence electrons. The number of pyridine rings is 1. The van der Waals surface area contributed by atoms with Gasteiger partial charge in [0.05, 0.1) is 19.1 Å². The fourth-order valence-electron chi connectivity index (χ4n) is 1.75. The van der Waals surface area contributed by atoms with Gasteiger partial charge in [-0.2, -0.15) is 13.2 Å². The molecule has 0 saturated carbocycles. The molecular weight excluding hydrogens is 395 g/mol. The van der Waals surface area contributed by atoms with Crippen LogP contribution in [0.1, 0.15) is 5.69 Å². The number of aromatic nitrogens is 3. The van der Waals surface area contributed by atoms with Crippen LogP contribution in [0, 0.1) is 0 Å². The van der Waals surface area contributed by atoms with Crippen molar-refractivity contribution in [3.63, 3.8) is 0 Å². The normalized spacial score (nSPS) is 12.1. The van der Waals surface area contributed by atoms with Crippen LogP contribution in [0.15, 0.2) is 29.0 Å². The smallest absolute Gasteiger partial charge is 0.356 e. The van der Waals surface area contributed by atoms with E-state index in [1.807, 2.05) is 0 Å². The lowest BCUT2D eigenvalue weighted by molar-refractivity contribution is -0.141. The second kappa shape index (κ2) is 7.67. The van der Waals surface area contributed by atoms with Gasteiger partial charge in [0.15, 0.2) is 11.5 Å². The summed E-state index contributed by atoms with van der Waals surface area (Å²) in [6.45, 7) is 0.496. The van der Waals surface area contributed by atoms with Gasteiger partial charge in [0, 0.05) is 16.9 Å². The molecule has 0 aliphatic heterocycles. The van der Waals surface area contributed by atoms with E-state index in [1.54, 1.807) is 12.1 Å². The van der Waals surface area contributed by atoms with E-state index in [4.69, 9.17) is 4.74 Å². The molecule has 2 aromatic heterocycles. The monoisotopic (exact) mass is 410 g/mol. The van der Waals surface area contributed by atoms with E-state index < -0.39 is 11.9 Å². The molecule has 0 amide bonds. The quantitative estimate of drug-likeness (QED) is 0.539. The summed E-state index contributed by atoms with van der Waals surface area (Å²) >= 11 is 3.24. The Bertz CT molecular complexity index is 644. The van der Waals surface area contributed by atoms with Crippen LogP contribution >= 0.6 is 15.9 Å². The van der Waals surface area contributed by atoms with Gasteiger partial charge in [0.2, 0.25) is 0 Å². The molecular formula is C14H16BrF3N3OS+. The first-order valence-corrected chi connectivity index (χ1v) is 9.66. The fourth-order valence-corrected chi connectivity index (χ4v) is 2.44. The Morgan fingerprint density at radius 2 is 2.04 bits per heavy atom. The van der Waals surface area contributed by atoms with Crippen LogP contribution < -0.4 is 0 Å². The van der Waals surface area contributed by atoms with Crippen LogP contribution in [0.25, 0.3) is 11.5 Å². The molecule has 0 radical (unpaired) electrons. The van der Waals surface area contributed by atoms with Crippen LogP contribution in [-0.4, -0.2) is 39.4 Å². The van der Waals surface area contributed by atoms with Crippen LogP contribution in [0.3, 0.4) is 0 Å². The summed E-state index contributed by atoms with van der Waals surface area (Å²) in [5.41, 5.74) is -0.593. The first-order chi connectivity index (χ1) is 10.8. The van der Waals surface area contributed by atoms with Crippen molar-refractivity contribution >= 4 is 26.8 Å². The van der Waals surface area contributed by atoms with Crippen molar-refractivity contribution in [1.29, 1.82) is 0 Å². The molecule has 2 heterocycles. The van der Waals surface area contributed by atoms with Gasteiger partial charge in [-0.25, -0.2) is 4.98 Å². The molecule has 2 aromatic rings. The van der Waals surface area contributed by atoms with Crippen LogP contribution in [0.2, 0.25) is 0 Å². The average Bonchev–Trinajstić information content (AvgIpc) is 2.88. The van der Waals surface area contributed by atoms with Gasteiger partial charge in [-0.15, -0.1) is 0 Å². The van der Waals surface area contributed by atoms with Gasteiger partial charge in [-0.05, 0) is 39.0 Å². The van der Waals surface area contributed by atoms with E-state index >= 15 is 0 Å². The van der Waals surface area contributed by atoms with Gasteiger partial charge < -0.3 is 9.30 Å². The Morgan fingerprint density at radius 1 is 1.30 bits per heavy atom. The molecule has 0 fully saturated rings. The largest absolute Gasteiger partial charge is 0.434 e. The predicted octanol–water partition coefficient (Wildman–Crippen LogP) is 3.58. The highest BCUT2D eigenvalue weighted by Gasteiger charge is 2.35. The van der Waals surface area contributed by atoms with Crippen molar-refractivity contribution in [1.82, 2.24) is 14.5 Å². The number of hydrogen-bond donors (Lipinski definition) is 0. The maximum absolute atomic E-state index is 12.9. The van der Waals surface area contributed by atoms with Crippen molar-refractivity contribution < 1.29 is 17.9 Å². The maximum Gasteiger partial charge on any atom is 0.434 e. The van der Waals surface area contributed by atoms with E-state index in [1.165, 1.54) is 10.8 Å². The SMILES string of the molecule is C[S+](C)CCOCn1cc(C(F)(F)F)nc1-c1ccc(Br)cn1. The summed E-state index contributed by atoms with van der Waals surface area (Å²) in [5, 5.41) is 0. The molecule has 0 saturated heterocycles. The van der Waals surface area contributed by atoms with Crippen molar-refractivity contribution in [2.75, 3.05) is 24.9 Å². The maximum atomic E-state index is 12.9. The Hall–Kier alpha value is -1.06. The summed E-state index contributed by atoms with van der Waals surface area (Å²) in [7, 11) is 0.226. The minimum atomic E-state index is -4.51. The third-order valence-electron chi connectivity index (χ3n) is 2.89. The van der Waals surface area contributed by atoms with E-state index in [0.29, 0.717) is 12.3 Å². The third-order valence-corrected chi connectivity index (χ3v) is 4.34. The lowest BCUT2D eigenvalue weighted by Gasteiger charge is -2.07. The molecule has 0 bridgehead atoms. The molecule has 23 heavy (non-hydrogen) atoms. The minimum Gasteiger partial charge on any atom is -0.356 e. The zero-order chi connectivity index (χ0) is 17.0. The Labute approximate surface area is 143 Å². The van der Waals surface area contributed by atoms with E-state index in [0.717, 1.165) is 16.4 Å². The highest BCUT2D eigenvalue weighted by Crippen LogP contribution is 2.30. The van der Waals surface area contributed by atoms with Gasteiger partial charge >= 0.3 is 6.18 Å². The standard InChI is InChI=1S/C14H16BrF3N3OS/c1-23(2)6-5-22-9-21-8-12(14(16,17)18)20-13(21)11-4-3-10(15)7-19-11/h3-4,7-8H,5-6,9H2,1-2H3/q+1. The Balaban J connectivity index is 2.24. The van der Waals surface area contributed by atoms with E-state index in [9.17, 15) is 13.2 Å². The predicted molar refractivity (Wildman–Crippen MR) is 88.2 cm³/mol. The molecule has 0 aliphatic carbocycles. The minimum absolute atomic E-state index is 0.00730. The summed E-state index contributed by atoms with van der Waals surface area (Å²) in [6, 6.07) is 3.31. The van der Waals surface area contributed by atoms with Crippen molar-refractivity contribution in [2.24, 2.45) is 0 Å². The number of ether oxygens (including phenoxy) is 1. The lowest BCUT2D eigenvalue weighted by Crippen LogP contribution is -2.12. The van der Waals surface area contributed by atoms with Gasteiger partial charge in [-0.3, -0.25) is 4.98 Å². The van der Waals surface area contributed by atoms with Crippen molar-refractivity contribution in [3.8, 4) is 11.5 Å². The first-order valence-electron chi connectivity index (χ1n) is 6.65. The van der Waals surface area contributed by atoms with Gasteiger partial charge in [0.25, 0.3) is 0 Å². The lowest BCUT2D eigenvalue weighted by atomic mass is 10.3. The number of halogens is 4. The summed E-state index contributed by atoms with van der Waals surface area (Å²) in [6.07, 6.45) is 2.13. The zero-order valence-corrected chi connectivity index (χ0v) is 15.0. The number of alkyl halides is 3. The summed E-state index contributed by atoms with van der Waals surface area (Å²) in [4.78, 5) is 7.79. The van der Waals surface area contributed by atoms with Crippen molar-refractivity contribution in [3.05, 3.63) is 34.7 Å². The number of nitrogens with zero attached hydrogens (tertiary/aromatic N) is 3. The molecule has 0 spiro atoms. The first kappa shape index (κ1) is 18.3.